The van der Waals surface area contributed by atoms with Crippen molar-refractivity contribution in [2.24, 2.45) is 5.11 Å². The molecule has 2 aromatic heterocycles. The Morgan fingerprint density at radius 3 is 3.07 bits per heavy atom. The fraction of sp³-hybridized carbons (Fsp3) is 0.294. The second-order valence-electron chi connectivity index (χ2n) is 6.22. The number of hydrogen-bond donors (Lipinski definition) is 1. The molecule has 2 aromatic rings. The predicted octanol–water partition coefficient (Wildman–Crippen LogP) is 3.39. The molecule has 0 aromatic carbocycles. The first kappa shape index (κ1) is 18.6. The van der Waals surface area contributed by atoms with E-state index in [0.717, 1.165) is 16.6 Å². The normalized spacial score (nSPS) is 18.9. The number of ketones is 1. The van der Waals surface area contributed by atoms with Crippen LogP contribution in [0.5, 0.6) is 0 Å². The number of carbonyl (C=O) groups excluding carboxylic acids is 2. The van der Waals surface area contributed by atoms with Crippen LogP contribution >= 0.6 is 11.3 Å². The van der Waals surface area contributed by atoms with E-state index in [-0.39, 0.29) is 24.5 Å². The van der Waals surface area contributed by atoms with Crippen LogP contribution in [0.3, 0.4) is 0 Å². The molecule has 1 atom stereocenters. The van der Waals surface area contributed by atoms with Crippen LogP contribution in [-0.2, 0) is 14.3 Å². The van der Waals surface area contributed by atoms with E-state index in [2.05, 4.69) is 25.3 Å². The van der Waals surface area contributed by atoms with Gasteiger partial charge in [-0.05, 0) is 31.5 Å². The number of nitrogens with one attached hydrogen (secondary N) is 1. The number of aryl methyl sites for hydroxylation is 1. The lowest BCUT2D eigenvalue weighted by Crippen LogP contribution is -2.40. The van der Waals surface area contributed by atoms with E-state index in [4.69, 9.17) is 10.3 Å². The van der Waals surface area contributed by atoms with Crippen LogP contribution in [0.4, 0.5) is 5.00 Å². The number of azide groups is 1. The second-order valence-corrected chi connectivity index (χ2v) is 7.22. The van der Waals surface area contributed by atoms with E-state index in [0.29, 0.717) is 10.7 Å². The van der Waals surface area contributed by atoms with Crippen LogP contribution in [0.15, 0.2) is 41.5 Å². The zero-order chi connectivity index (χ0) is 19.4. The molecule has 1 unspecified atom stereocenters. The number of allylic oxidation sites excluding steroid dienone is 1. The Kier molecular flexibility index (Phi) is 5.20. The Morgan fingerprint density at radius 1 is 1.56 bits per heavy atom. The SMILES string of the molecule is Cc1nc(-c2cccnc2)sc1NC(=O)C1=CC(=O)CC(C)(CN=[N+]=[N-])O1. The Morgan fingerprint density at radius 2 is 2.37 bits per heavy atom. The van der Waals surface area contributed by atoms with Crippen molar-refractivity contribution in [2.75, 3.05) is 11.9 Å². The molecule has 1 N–H and O–H groups in total. The highest BCUT2D eigenvalue weighted by molar-refractivity contribution is 7.19. The average molecular weight is 384 g/mol. The summed E-state index contributed by atoms with van der Waals surface area (Å²) in [6.07, 6.45) is 4.56. The standard InChI is InChI=1S/C17H16N6O3S/c1-10-15(27-16(21-10)11-4-3-5-19-8-11)22-14(25)13-6-12(24)7-17(2,26-13)9-20-23-18/h3-6,8H,7,9H2,1-2H3,(H,22,25). The summed E-state index contributed by atoms with van der Waals surface area (Å²) in [5.74, 6) is -0.934. The third-order valence-electron chi connectivity index (χ3n) is 3.82. The van der Waals surface area contributed by atoms with Gasteiger partial charge in [0, 0.05) is 28.9 Å². The Hall–Kier alpha value is -3.23. The van der Waals surface area contributed by atoms with Crippen LogP contribution in [0.1, 0.15) is 19.0 Å². The fourth-order valence-electron chi connectivity index (χ4n) is 2.57. The van der Waals surface area contributed by atoms with Crippen molar-refractivity contribution in [3.8, 4) is 10.6 Å². The number of thiazole rings is 1. The highest BCUT2D eigenvalue weighted by atomic mass is 32.1. The molecule has 3 rings (SSSR count). The van der Waals surface area contributed by atoms with E-state index in [1.807, 2.05) is 6.07 Å². The highest BCUT2D eigenvalue weighted by Gasteiger charge is 2.35. The Balaban J connectivity index is 1.78. The number of carbonyl (C=O) groups is 2. The number of amides is 1. The minimum atomic E-state index is -1.05. The summed E-state index contributed by atoms with van der Waals surface area (Å²) in [6, 6.07) is 3.69. The van der Waals surface area contributed by atoms with Gasteiger partial charge in [0.15, 0.2) is 11.5 Å². The highest BCUT2D eigenvalue weighted by Crippen LogP contribution is 2.32. The van der Waals surface area contributed by atoms with Gasteiger partial charge >= 0.3 is 0 Å². The number of nitrogens with zero attached hydrogens (tertiary/aromatic N) is 5. The van der Waals surface area contributed by atoms with E-state index in [9.17, 15) is 9.59 Å². The summed E-state index contributed by atoms with van der Waals surface area (Å²) in [5.41, 5.74) is 8.93. The molecule has 3 heterocycles. The lowest BCUT2D eigenvalue weighted by atomic mass is 9.96. The lowest BCUT2D eigenvalue weighted by Gasteiger charge is -2.32. The molecule has 0 bridgehead atoms. The minimum Gasteiger partial charge on any atom is -0.481 e. The lowest BCUT2D eigenvalue weighted by molar-refractivity contribution is -0.128. The van der Waals surface area contributed by atoms with Crippen molar-refractivity contribution in [1.29, 1.82) is 0 Å². The van der Waals surface area contributed by atoms with Crippen molar-refractivity contribution in [2.45, 2.75) is 25.9 Å². The first-order valence-corrected chi connectivity index (χ1v) is 8.85. The number of pyridine rings is 1. The molecule has 0 fully saturated rings. The van der Waals surface area contributed by atoms with Crippen LogP contribution in [0.25, 0.3) is 21.0 Å². The molecule has 138 valence electrons. The summed E-state index contributed by atoms with van der Waals surface area (Å²) in [5, 5.41) is 7.47. The number of ether oxygens (including phenoxy) is 1. The van der Waals surface area contributed by atoms with Crippen molar-refractivity contribution in [1.82, 2.24) is 9.97 Å². The monoisotopic (exact) mass is 384 g/mol. The van der Waals surface area contributed by atoms with E-state index in [1.165, 1.54) is 11.3 Å². The molecule has 0 saturated carbocycles. The van der Waals surface area contributed by atoms with E-state index < -0.39 is 11.5 Å². The third kappa shape index (κ3) is 4.30. The first-order chi connectivity index (χ1) is 12.9. The summed E-state index contributed by atoms with van der Waals surface area (Å²) >= 11 is 1.30. The zero-order valence-electron chi connectivity index (χ0n) is 14.7. The number of aromatic nitrogens is 2. The molecule has 0 radical (unpaired) electrons. The number of anilines is 1. The molecular formula is C17H16N6O3S. The van der Waals surface area contributed by atoms with Gasteiger partial charge in [0.2, 0.25) is 0 Å². The Bertz CT molecular complexity index is 964. The molecule has 0 saturated heterocycles. The molecular weight excluding hydrogens is 368 g/mol. The molecule has 27 heavy (non-hydrogen) atoms. The van der Waals surface area contributed by atoms with Crippen LogP contribution < -0.4 is 5.32 Å². The van der Waals surface area contributed by atoms with E-state index >= 15 is 0 Å². The summed E-state index contributed by atoms with van der Waals surface area (Å²) in [6.45, 7) is 3.35. The van der Waals surface area contributed by atoms with Gasteiger partial charge in [-0.15, -0.1) is 0 Å². The summed E-state index contributed by atoms with van der Waals surface area (Å²) < 4.78 is 5.65. The summed E-state index contributed by atoms with van der Waals surface area (Å²) in [4.78, 5) is 35.7. The molecule has 1 aliphatic rings. The second kappa shape index (κ2) is 7.56. The van der Waals surface area contributed by atoms with Gasteiger partial charge in [0.1, 0.15) is 15.6 Å². The quantitative estimate of drug-likeness (QED) is 0.480. The Labute approximate surface area is 158 Å². The van der Waals surface area contributed by atoms with Crippen LogP contribution in [0, 0.1) is 6.92 Å². The smallest absolute Gasteiger partial charge is 0.291 e. The van der Waals surface area contributed by atoms with Gasteiger partial charge in [-0.1, -0.05) is 16.5 Å². The van der Waals surface area contributed by atoms with Crippen molar-refractivity contribution < 1.29 is 14.3 Å². The fourth-order valence-corrected chi connectivity index (χ4v) is 3.52. The van der Waals surface area contributed by atoms with Crippen molar-refractivity contribution in [3.63, 3.8) is 0 Å². The van der Waals surface area contributed by atoms with Crippen molar-refractivity contribution >= 4 is 28.0 Å². The average Bonchev–Trinajstić information content (AvgIpc) is 3.00. The molecule has 9 nitrogen and oxygen atoms in total. The van der Waals surface area contributed by atoms with Crippen LogP contribution in [0.2, 0.25) is 0 Å². The van der Waals surface area contributed by atoms with Gasteiger partial charge in [-0.25, -0.2) is 4.98 Å². The van der Waals surface area contributed by atoms with Gasteiger partial charge in [0.25, 0.3) is 5.91 Å². The molecule has 1 amide bonds. The predicted molar refractivity (Wildman–Crippen MR) is 99.9 cm³/mol. The van der Waals surface area contributed by atoms with Gasteiger partial charge in [-0.2, -0.15) is 0 Å². The maximum atomic E-state index is 12.6. The maximum absolute atomic E-state index is 12.6. The third-order valence-corrected chi connectivity index (χ3v) is 4.94. The van der Waals surface area contributed by atoms with Crippen LogP contribution in [-0.4, -0.2) is 33.8 Å². The van der Waals surface area contributed by atoms with Gasteiger partial charge in [0.05, 0.1) is 18.7 Å². The first-order valence-electron chi connectivity index (χ1n) is 8.04. The largest absolute Gasteiger partial charge is 0.481 e. The van der Waals surface area contributed by atoms with Gasteiger partial charge < -0.3 is 10.1 Å². The molecule has 10 heteroatoms. The number of rotatable bonds is 5. The van der Waals surface area contributed by atoms with Crippen molar-refractivity contribution in [3.05, 3.63) is 52.5 Å². The maximum Gasteiger partial charge on any atom is 0.291 e. The topological polar surface area (TPSA) is 130 Å². The molecule has 0 spiro atoms. The van der Waals surface area contributed by atoms with Gasteiger partial charge in [-0.3, -0.25) is 14.6 Å². The zero-order valence-corrected chi connectivity index (χ0v) is 15.5. The minimum absolute atomic E-state index is 0.0353. The number of hydrogen-bond acceptors (Lipinski definition) is 7. The van der Waals surface area contributed by atoms with E-state index in [1.54, 1.807) is 32.3 Å². The summed E-state index contributed by atoms with van der Waals surface area (Å²) in [7, 11) is 0. The molecule has 1 aliphatic heterocycles. The molecule has 0 aliphatic carbocycles.